The summed E-state index contributed by atoms with van der Waals surface area (Å²) in [5.74, 6) is -0.489. The molecule has 3 nitrogen and oxygen atoms in total. The number of hydrogen-bond acceptors (Lipinski definition) is 4. The molecule has 1 aromatic heterocycles. The van der Waals surface area contributed by atoms with Gasteiger partial charge in [-0.2, -0.15) is 5.26 Å². The van der Waals surface area contributed by atoms with Crippen molar-refractivity contribution in [1.29, 1.82) is 5.26 Å². The summed E-state index contributed by atoms with van der Waals surface area (Å²) >= 11 is 1.56. The van der Waals surface area contributed by atoms with Gasteiger partial charge in [-0.05, 0) is 19.1 Å². The highest BCUT2D eigenvalue weighted by Crippen LogP contribution is 2.23. The zero-order valence-electron chi connectivity index (χ0n) is 10.1. The smallest absolute Gasteiger partial charge is 0.143 e. The van der Waals surface area contributed by atoms with Gasteiger partial charge in [0.05, 0.1) is 12.2 Å². The predicted molar refractivity (Wildman–Crippen MR) is 70.1 cm³/mol. The van der Waals surface area contributed by atoms with Crippen molar-refractivity contribution in [1.82, 2.24) is 4.98 Å². The molecule has 92 valence electrons. The molecule has 5 heteroatoms. The molecule has 18 heavy (non-hydrogen) atoms. The van der Waals surface area contributed by atoms with Crippen molar-refractivity contribution >= 4 is 17.0 Å². The zero-order chi connectivity index (χ0) is 13.1. The summed E-state index contributed by atoms with van der Waals surface area (Å²) in [5, 5.41) is 11.9. The van der Waals surface area contributed by atoms with Crippen LogP contribution in [0.4, 0.5) is 10.1 Å². The highest BCUT2D eigenvalue weighted by atomic mass is 32.1. The third kappa shape index (κ3) is 2.49. The number of halogens is 1. The number of nitriles is 1. The van der Waals surface area contributed by atoms with E-state index in [9.17, 15) is 4.39 Å². The second kappa shape index (κ2) is 5.15. The molecule has 0 saturated carbocycles. The van der Waals surface area contributed by atoms with E-state index in [1.165, 1.54) is 6.07 Å². The number of aromatic nitrogens is 1. The van der Waals surface area contributed by atoms with Gasteiger partial charge in [0.2, 0.25) is 0 Å². The minimum Gasteiger partial charge on any atom is -0.367 e. The van der Waals surface area contributed by atoms with Crippen LogP contribution in [-0.2, 0) is 6.54 Å². The predicted octanol–water partition coefficient (Wildman–Crippen LogP) is 3.10. The van der Waals surface area contributed by atoms with E-state index < -0.39 is 5.82 Å². The first-order chi connectivity index (χ1) is 8.61. The molecule has 0 N–H and O–H groups in total. The first-order valence-electron chi connectivity index (χ1n) is 5.42. The Kier molecular flexibility index (Phi) is 3.58. The molecule has 0 spiro atoms. The Morgan fingerprint density at radius 3 is 2.89 bits per heavy atom. The van der Waals surface area contributed by atoms with Gasteiger partial charge in [0, 0.05) is 18.1 Å². The van der Waals surface area contributed by atoms with Gasteiger partial charge >= 0.3 is 0 Å². The number of nitrogens with zero attached hydrogens (tertiary/aromatic N) is 3. The van der Waals surface area contributed by atoms with Crippen LogP contribution in [0.1, 0.15) is 16.3 Å². The lowest BCUT2D eigenvalue weighted by atomic mass is 10.1. The minimum atomic E-state index is -0.489. The van der Waals surface area contributed by atoms with Gasteiger partial charge < -0.3 is 4.90 Å². The molecule has 0 saturated heterocycles. The quantitative estimate of drug-likeness (QED) is 0.852. The molecule has 0 fully saturated rings. The number of anilines is 1. The van der Waals surface area contributed by atoms with Crippen LogP contribution in [0.25, 0.3) is 0 Å². The van der Waals surface area contributed by atoms with Crippen molar-refractivity contribution < 1.29 is 4.39 Å². The summed E-state index contributed by atoms with van der Waals surface area (Å²) in [6.45, 7) is 2.50. The zero-order valence-corrected chi connectivity index (χ0v) is 11.0. The molecule has 0 amide bonds. The van der Waals surface area contributed by atoms with Crippen molar-refractivity contribution in [3.63, 3.8) is 0 Å². The van der Waals surface area contributed by atoms with E-state index in [1.54, 1.807) is 23.5 Å². The van der Waals surface area contributed by atoms with Crippen LogP contribution in [0.2, 0.25) is 0 Å². The van der Waals surface area contributed by atoms with Gasteiger partial charge in [-0.1, -0.05) is 6.07 Å². The maximum atomic E-state index is 13.5. The lowest BCUT2D eigenvalue weighted by Gasteiger charge is -2.19. The van der Waals surface area contributed by atoms with E-state index in [4.69, 9.17) is 5.26 Å². The molecule has 1 heterocycles. The molecule has 0 aliphatic heterocycles. The minimum absolute atomic E-state index is 0.0771. The second-order valence-corrected chi connectivity index (χ2v) is 4.93. The van der Waals surface area contributed by atoms with Gasteiger partial charge in [0.15, 0.2) is 0 Å². The molecule has 0 radical (unpaired) electrons. The van der Waals surface area contributed by atoms with Gasteiger partial charge in [-0.3, -0.25) is 0 Å². The van der Waals surface area contributed by atoms with Crippen molar-refractivity contribution in [2.75, 3.05) is 11.9 Å². The maximum Gasteiger partial charge on any atom is 0.143 e. The van der Waals surface area contributed by atoms with E-state index in [-0.39, 0.29) is 5.56 Å². The largest absolute Gasteiger partial charge is 0.367 e. The molecule has 2 rings (SSSR count). The van der Waals surface area contributed by atoms with Crippen molar-refractivity contribution in [2.45, 2.75) is 13.5 Å². The third-order valence-corrected chi connectivity index (χ3v) is 3.51. The van der Waals surface area contributed by atoms with Crippen LogP contribution in [0.5, 0.6) is 0 Å². The molecular formula is C13H12FN3S. The standard InChI is InChI=1S/C13H12FN3S/c1-9-8-18-13(16-9)7-17(2)12-5-3-4-11(14)10(12)6-15/h3-5,8H,7H2,1-2H3. The fraction of sp³-hybridized carbons (Fsp3) is 0.231. The average Bonchev–Trinajstić information content (AvgIpc) is 2.74. The molecule has 1 aromatic carbocycles. The Bertz CT molecular complexity index is 601. The summed E-state index contributed by atoms with van der Waals surface area (Å²) in [6, 6.07) is 6.54. The first-order valence-corrected chi connectivity index (χ1v) is 6.30. The van der Waals surface area contributed by atoms with Crippen LogP contribution in [0.15, 0.2) is 23.6 Å². The number of aryl methyl sites for hydroxylation is 1. The van der Waals surface area contributed by atoms with Crippen LogP contribution >= 0.6 is 11.3 Å². The second-order valence-electron chi connectivity index (χ2n) is 3.98. The number of hydrogen-bond donors (Lipinski definition) is 0. The van der Waals surface area contributed by atoms with Gasteiger partial charge in [0.25, 0.3) is 0 Å². The third-order valence-electron chi connectivity index (χ3n) is 2.55. The Morgan fingerprint density at radius 2 is 2.28 bits per heavy atom. The Balaban J connectivity index is 2.27. The summed E-state index contributed by atoms with van der Waals surface area (Å²) in [5.41, 5.74) is 1.64. The molecular weight excluding hydrogens is 249 g/mol. The maximum absolute atomic E-state index is 13.5. The lowest BCUT2D eigenvalue weighted by Crippen LogP contribution is -2.17. The summed E-state index contributed by atoms with van der Waals surface area (Å²) < 4.78 is 13.5. The Morgan fingerprint density at radius 1 is 1.50 bits per heavy atom. The van der Waals surface area contributed by atoms with E-state index in [1.807, 2.05) is 30.3 Å². The summed E-state index contributed by atoms with van der Waals surface area (Å²) in [7, 11) is 1.83. The summed E-state index contributed by atoms with van der Waals surface area (Å²) in [6.07, 6.45) is 0. The van der Waals surface area contributed by atoms with Crippen LogP contribution in [0, 0.1) is 24.1 Å². The number of benzene rings is 1. The van der Waals surface area contributed by atoms with Crippen LogP contribution < -0.4 is 4.90 Å². The van der Waals surface area contributed by atoms with Gasteiger partial charge in [-0.15, -0.1) is 11.3 Å². The molecule has 0 atom stereocenters. The first kappa shape index (κ1) is 12.5. The molecule has 0 unspecified atom stereocenters. The number of rotatable bonds is 3. The normalized spacial score (nSPS) is 10.1. The van der Waals surface area contributed by atoms with E-state index >= 15 is 0 Å². The molecule has 2 aromatic rings. The number of thiazole rings is 1. The summed E-state index contributed by atoms with van der Waals surface area (Å²) in [4.78, 5) is 6.19. The lowest BCUT2D eigenvalue weighted by molar-refractivity contribution is 0.623. The van der Waals surface area contributed by atoms with Crippen molar-refractivity contribution in [3.8, 4) is 6.07 Å². The van der Waals surface area contributed by atoms with Crippen LogP contribution in [0.3, 0.4) is 0 Å². The fourth-order valence-corrected chi connectivity index (χ4v) is 2.53. The van der Waals surface area contributed by atoms with Crippen molar-refractivity contribution in [3.05, 3.63) is 45.7 Å². The SMILES string of the molecule is Cc1csc(CN(C)c2cccc(F)c2C#N)n1. The Labute approximate surface area is 109 Å². The topological polar surface area (TPSA) is 39.9 Å². The van der Waals surface area contributed by atoms with Gasteiger partial charge in [-0.25, -0.2) is 9.37 Å². The average molecular weight is 261 g/mol. The van der Waals surface area contributed by atoms with Crippen molar-refractivity contribution in [2.24, 2.45) is 0 Å². The molecule has 0 aliphatic carbocycles. The fourth-order valence-electron chi connectivity index (χ4n) is 1.70. The van der Waals surface area contributed by atoms with E-state index in [0.29, 0.717) is 12.2 Å². The van der Waals surface area contributed by atoms with Gasteiger partial charge in [0.1, 0.15) is 22.5 Å². The molecule has 0 aliphatic rings. The highest BCUT2D eigenvalue weighted by molar-refractivity contribution is 7.09. The van der Waals surface area contributed by atoms with E-state index in [0.717, 1.165) is 10.7 Å². The Hall–Kier alpha value is -1.93. The van der Waals surface area contributed by atoms with Crippen LogP contribution in [-0.4, -0.2) is 12.0 Å². The molecule has 0 bridgehead atoms. The monoisotopic (exact) mass is 261 g/mol. The highest BCUT2D eigenvalue weighted by Gasteiger charge is 2.12. The van der Waals surface area contributed by atoms with E-state index in [2.05, 4.69) is 4.98 Å².